The van der Waals surface area contributed by atoms with Crippen LogP contribution in [0.2, 0.25) is 0 Å². The van der Waals surface area contributed by atoms with Crippen LogP contribution in [-0.2, 0) is 0 Å². The van der Waals surface area contributed by atoms with Gasteiger partial charge in [-0.3, -0.25) is 0 Å². The van der Waals surface area contributed by atoms with Crippen LogP contribution in [0.25, 0.3) is 0 Å². The van der Waals surface area contributed by atoms with Gasteiger partial charge in [0, 0.05) is 12.4 Å². The summed E-state index contributed by atoms with van der Waals surface area (Å²) in [5.74, 6) is 0. The Morgan fingerprint density at radius 1 is 1.38 bits per heavy atom. The third-order valence-electron chi connectivity index (χ3n) is 0.406. The summed E-state index contributed by atoms with van der Waals surface area (Å²) in [6.45, 7) is 0. The minimum atomic E-state index is 0. The molecule has 8 heavy (non-hydrogen) atoms. The van der Waals surface area contributed by atoms with Crippen LogP contribution in [0.15, 0.2) is 18.7 Å². The third-order valence-corrected chi connectivity index (χ3v) is 0.406. The maximum atomic E-state index is 3.67. The Morgan fingerprint density at radius 2 is 2.00 bits per heavy atom. The standard InChI is InChI=1S/C3H4N2.2Na.H2O.2H/c1-2-5-3-4-1;;;;;/h1-3H,(H,4,5);;;1H2;;/q;2*+1;;2*-1. The Morgan fingerprint density at radius 3 is 2.12 bits per heavy atom. The number of H-pyrrole nitrogens is 1. The molecule has 0 aromatic carbocycles. The van der Waals surface area contributed by atoms with E-state index in [-0.39, 0.29) is 67.4 Å². The topological polar surface area (TPSA) is 60.2 Å². The van der Waals surface area contributed by atoms with Gasteiger partial charge >= 0.3 is 59.1 Å². The second-order valence-electron chi connectivity index (χ2n) is 0.761. The van der Waals surface area contributed by atoms with Gasteiger partial charge in [-0.25, -0.2) is 4.98 Å². The fourth-order valence-corrected chi connectivity index (χ4v) is 0.215. The summed E-state index contributed by atoms with van der Waals surface area (Å²) in [6, 6.07) is 0. The summed E-state index contributed by atoms with van der Waals surface area (Å²) in [6.07, 6.45) is 5.08. The maximum absolute atomic E-state index is 3.67. The summed E-state index contributed by atoms with van der Waals surface area (Å²) in [4.78, 5) is 6.42. The van der Waals surface area contributed by atoms with Crippen LogP contribution in [0.5, 0.6) is 0 Å². The van der Waals surface area contributed by atoms with Gasteiger partial charge in [0.2, 0.25) is 0 Å². The van der Waals surface area contributed by atoms with Crippen LogP contribution in [0.4, 0.5) is 0 Å². The number of hydrogen-bond donors (Lipinski definition) is 1. The number of aromatic nitrogens is 2. The summed E-state index contributed by atoms with van der Waals surface area (Å²) < 4.78 is 0. The number of nitrogens with zero attached hydrogens (tertiary/aromatic N) is 1. The van der Waals surface area contributed by atoms with E-state index in [1.807, 2.05) is 0 Å². The predicted molar refractivity (Wildman–Crippen MR) is 24.4 cm³/mol. The second-order valence-corrected chi connectivity index (χ2v) is 0.761. The van der Waals surface area contributed by atoms with Crippen LogP contribution < -0.4 is 59.1 Å². The Labute approximate surface area is 95.1 Å². The fourth-order valence-electron chi connectivity index (χ4n) is 0.215. The summed E-state index contributed by atoms with van der Waals surface area (Å²) >= 11 is 0. The Hall–Kier alpha value is 1.17. The van der Waals surface area contributed by atoms with Crippen molar-refractivity contribution in [2.75, 3.05) is 0 Å². The van der Waals surface area contributed by atoms with E-state index in [1.165, 1.54) is 0 Å². The average molecular weight is 134 g/mol. The molecule has 0 aliphatic carbocycles. The van der Waals surface area contributed by atoms with E-state index in [9.17, 15) is 0 Å². The van der Waals surface area contributed by atoms with Gasteiger partial charge in [0.1, 0.15) is 0 Å². The average Bonchev–Trinajstić information content (AvgIpc) is 1.76. The molecule has 0 bridgehead atoms. The largest absolute Gasteiger partial charge is 1.00 e. The molecule has 0 fully saturated rings. The first-order valence-corrected chi connectivity index (χ1v) is 1.43. The minimum Gasteiger partial charge on any atom is -1.00 e. The van der Waals surface area contributed by atoms with Crippen molar-refractivity contribution in [3.8, 4) is 0 Å². The van der Waals surface area contributed by atoms with Crippen LogP contribution in [-0.4, -0.2) is 15.4 Å². The first kappa shape index (κ1) is 16.1. The molecular weight excluding hydrogens is 126 g/mol. The number of nitrogens with one attached hydrogen (secondary N) is 1. The van der Waals surface area contributed by atoms with E-state index in [0.717, 1.165) is 0 Å². The van der Waals surface area contributed by atoms with Crippen molar-refractivity contribution >= 4 is 0 Å². The van der Waals surface area contributed by atoms with Crippen molar-refractivity contribution in [2.45, 2.75) is 0 Å². The van der Waals surface area contributed by atoms with Crippen LogP contribution in [0.3, 0.4) is 0 Å². The van der Waals surface area contributed by atoms with Crippen LogP contribution >= 0.6 is 0 Å². The number of aromatic amines is 1. The molecule has 0 saturated carbocycles. The van der Waals surface area contributed by atoms with Gasteiger partial charge in [0.25, 0.3) is 0 Å². The molecule has 0 amide bonds. The van der Waals surface area contributed by atoms with Crippen LogP contribution in [0.1, 0.15) is 2.85 Å². The molecule has 1 rings (SSSR count). The number of rotatable bonds is 0. The molecule has 0 radical (unpaired) electrons. The molecule has 0 atom stereocenters. The minimum absolute atomic E-state index is 0. The molecule has 1 aromatic heterocycles. The Balaban J connectivity index is -0.0000000167. The van der Waals surface area contributed by atoms with Gasteiger partial charge in [-0.2, -0.15) is 0 Å². The molecule has 0 aliphatic heterocycles. The summed E-state index contributed by atoms with van der Waals surface area (Å²) in [5, 5.41) is 0. The normalized spacial score (nSPS) is 5.00. The van der Waals surface area contributed by atoms with Gasteiger partial charge in [-0.15, -0.1) is 0 Å². The monoisotopic (exact) mass is 134 g/mol. The molecule has 0 unspecified atom stereocenters. The van der Waals surface area contributed by atoms with Crippen molar-refractivity contribution in [1.82, 2.24) is 9.97 Å². The zero-order valence-electron chi connectivity index (χ0n) is 7.18. The van der Waals surface area contributed by atoms with E-state index in [2.05, 4.69) is 9.97 Å². The molecule has 0 aliphatic rings. The third kappa shape index (κ3) is 7.17. The molecule has 3 nitrogen and oxygen atoms in total. The SMILES string of the molecule is O.[H-].[H-].[Na+].[Na+].c1c[nH]cn1. The number of hydrogen-bond acceptors (Lipinski definition) is 1. The van der Waals surface area contributed by atoms with E-state index in [0.29, 0.717) is 0 Å². The Bertz CT molecular complexity index is 79.0. The zero-order valence-corrected chi connectivity index (χ0v) is 9.18. The van der Waals surface area contributed by atoms with Crippen LogP contribution in [0, 0.1) is 0 Å². The van der Waals surface area contributed by atoms with E-state index in [1.54, 1.807) is 18.7 Å². The molecule has 0 spiro atoms. The molecule has 0 saturated heterocycles. The molecular formula is C3H8N2Na2O. The molecule has 1 heterocycles. The summed E-state index contributed by atoms with van der Waals surface area (Å²) in [5.41, 5.74) is 0. The van der Waals surface area contributed by atoms with E-state index in [4.69, 9.17) is 0 Å². The molecule has 5 heteroatoms. The quantitative estimate of drug-likeness (QED) is 0.353. The molecule has 3 N–H and O–H groups in total. The molecule has 1 aromatic rings. The van der Waals surface area contributed by atoms with Gasteiger partial charge in [0.05, 0.1) is 6.33 Å². The first-order chi connectivity index (χ1) is 2.50. The van der Waals surface area contributed by atoms with Crippen molar-refractivity contribution in [3.63, 3.8) is 0 Å². The first-order valence-electron chi connectivity index (χ1n) is 1.43. The molecule has 38 valence electrons. The smallest absolute Gasteiger partial charge is 1.00 e. The Kier molecular flexibility index (Phi) is 22.2. The van der Waals surface area contributed by atoms with Crippen molar-refractivity contribution in [1.29, 1.82) is 0 Å². The fraction of sp³-hybridized carbons (Fsp3) is 0. The van der Waals surface area contributed by atoms with Gasteiger partial charge in [0.15, 0.2) is 0 Å². The van der Waals surface area contributed by atoms with Crippen molar-refractivity contribution in [3.05, 3.63) is 18.7 Å². The summed E-state index contributed by atoms with van der Waals surface area (Å²) in [7, 11) is 0. The zero-order chi connectivity index (χ0) is 3.54. The van der Waals surface area contributed by atoms with E-state index >= 15 is 0 Å². The van der Waals surface area contributed by atoms with Crippen molar-refractivity contribution < 1.29 is 67.4 Å². The predicted octanol–water partition coefficient (Wildman–Crippen LogP) is -6.18. The van der Waals surface area contributed by atoms with Gasteiger partial charge < -0.3 is 13.3 Å². The maximum Gasteiger partial charge on any atom is 1.00 e. The van der Waals surface area contributed by atoms with Gasteiger partial charge in [-0.05, 0) is 0 Å². The van der Waals surface area contributed by atoms with E-state index < -0.39 is 0 Å². The second kappa shape index (κ2) is 11.0. The number of imidazole rings is 1. The van der Waals surface area contributed by atoms with Gasteiger partial charge in [-0.1, -0.05) is 0 Å². The van der Waals surface area contributed by atoms with Crippen molar-refractivity contribution in [2.24, 2.45) is 0 Å².